The fourth-order valence-corrected chi connectivity index (χ4v) is 5.20. The highest BCUT2D eigenvalue weighted by Crippen LogP contribution is 2.35. The van der Waals surface area contributed by atoms with E-state index in [1.807, 2.05) is 6.07 Å². The zero-order valence-corrected chi connectivity index (χ0v) is 20.2. The maximum absolute atomic E-state index is 13.0. The van der Waals surface area contributed by atoms with Crippen LogP contribution in [0.15, 0.2) is 75.4 Å². The van der Waals surface area contributed by atoms with Gasteiger partial charge in [-0.15, -0.1) is 11.0 Å². The smallest absolute Gasteiger partial charge is 0.284 e. The summed E-state index contributed by atoms with van der Waals surface area (Å²) in [5.41, 5.74) is 0.719. The summed E-state index contributed by atoms with van der Waals surface area (Å²) in [6, 6.07) is 13.3. The number of amides is 1. The number of hydrogen-bond donors (Lipinski definition) is 0. The Morgan fingerprint density at radius 3 is 2.58 bits per heavy atom. The molecule has 2 aromatic carbocycles. The molecule has 174 valence electrons. The van der Waals surface area contributed by atoms with Crippen LogP contribution in [0.5, 0.6) is 11.5 Å². The fraction of sp³-hybridized carbons (Fsp3) is 0.250. The molecule has 0 spiro atoms. The quantitative estimate of drug-likeness (QED) is 0.274. The highest BCUT2D eigenvalue weighted by atomic mass is 32.2. The summed E-state index contributed by atoms with van der Waals surface area (Å²) in [5.74, 6) is 0.839. The number of sulfonamides is 1. The standard InChI is InChI=1S/C24H26N2O5S2/c1-4-6-15-31-20-13-12-18(16-21(20)30-3)17-22-23(27)26(14-5-2)24(32-22)25-33(28,29)19-10-8-7-9-11-19/h5,7-13,16-17H,2,4,6,14-15H2,1,3H3. The van der Waals surface area contributed by atoms with E-state index >= 15 is 0 Å². The third-order valence-corrected chi connectivity index (χ3v) is 7.08. The highest BCUT2D eigenvalue weighted by Gasteiger charge is 2.34. The first-order valence-corrected chi connectivity index (χ1v) is 12.7. The summed E-state index contributed by atoms with van der Waals surface area (Å²) in [6.07, 6.45) is 5.17. The Kier molecular flexibility index (Phi) is 8.35. The normalized spacial score (nSPS) is 16.4. The fourth-order valence-electron chi connectivity index (χ4n) is 2.99. The number of carbonyl (C=O) groups is 1. The summed E-state index contributed by atoms with van der Waals surface area (Å²) in [6.45, 7) is 6.48. The van der Waals surface area contributed by atoms with Gasteiger partial charge < -0.3 is 9.47 Å². The predicted molar refractivity (Wildman–Crippen MR) is 132 cm³/mol. The summed E-state index contributed by atoms with van der Waals surface area (Å²) in [4.78, 5) is 14.7. The summed E-state index contributed by atoms with van der Waals surface area (Å²) in [7, 11) is -2.41. The lowest BCUT2D eigenvalue weighted by atomic mass is 10.2. The van der Waals surface area contributed by atoms with Crippen molar-refractivity contribution >= 4 is 38.9 Å². The second kappa shape index (κ2) is 11.2. The van der Waals surface area contributed by atoms with Crippen molar-refractivity contribution in [2.45, 2.75) is 24.7 Å². The first-order chi connectivity index (χ1) is 15.9. The van der Waals surface area contributed by atoms with E-state index in [1.165, 1.54) is 23.1 Å². The van der Waals surface area contributed by atoms with Crippen molar-refractivity contribution in [1.29, 1.82) is 0 Å². The molecule has 2 aromatic rings. The molecule has 0 saturated carbocycles. The van der Waals surface area contributed by atoms with Crippen LogP contribution in [0.1, 0.15) is 25.3 Å². The molecule has 0 N–H and O–H groups in total. The average molecular weight is 487 g/mol. The SMILES string of the molecule is C=CCN1C(=O)C(=Cc2ccc(OCCCC)c(OC)c2)SC1=NS(=O)(=O)c1ccccc1. The van der Waals surface area contributed by atoms with E-state index in [-0.39, 0.29) is 22.5 Å². The Balaban J connectivity index is 1.91. The maximum atomic E-state index is 13.0. The Morgan fingerprint density at radius 1 is 1.15 bits per heavy atom. The van der Waals surface area contributed by atoms with Gasteiger partial charge in [0.25, 0.3) is 15.9 Å². The van der Waals surface area contributed by atoms with E-state index in [0.717, 1.165) is 30.2 Å². The van der Waals surface area contributed by atoms with Gasteiger partial charge >= 0.3 is 0 Å². The third-order valence-electron chi connectivity index (χ3n) is 4.68. The van der Waals surface area contributed by atoms with Crippen LogP contribution in [0.4, 0.5) is 0 Å². The molecule has 9 heteroatoms. The zero-order valence-electron chi connectivity index (χ0n) is 18.6. The number of unbranched alkanes of at least 4 members (excludes halogenated alkanes) is 1. The maximum Gasteiger partial charge on any atom is 0.284 e. The number of hydrogen-bond acceptors (Lipinski definition) is 6. The third kappa shape index (κ3) is 6.06. The molecule has 7 nitrogen and oxygen atoms in total. The van der Waals surface area contributed by atoms with E-state index in [9.17, 15) is 13.2 Å². The van der Waals surface area contributed by atoms with E-state index in [1.54, 1.807) is 43.5 Å². The molecule has 0 unspecified atom stereocenters. The van der Waals surface area contributed by atoms with Gasteiger partial charge in [-0.3, -0.25) is 9.69 Å². The van der Waals surface area contributed by atoms with Crippen molar-refractivity contribution < 1.29 is 22.7 Å². The molecular formula is C24H26N2O5S2. The topological polar surface area (TPSA) is 85.3 Å². The number of rotatable bonds is 10. The Bertz CT molecular complexity index is 1170. The van der Waals surface area contributed by atoms with Crippen LogP contribution in [0.2, 0.25) is 0 Å². The minimum Gasteiger partial charge on any atom is -0.493 e. The molecule has 33 heavy (non-hydrogen) atoms. The molecule has 1 fully saturated rings. The van der Waals surface area contributed by atoms with E-state index in [0.29, 0.717) is 23.0 Å². The summed E-state index contributed by atoms with van der Waals surface area (Å²) >= 11 is 1.01. The molecular weight excluding hydrogens is 460 g/mol. The first kappa shape index (κ1) is 24.6. The van der Waals surface area contributed by atoms with Crippen molar-refractivity contribution in [2.24, 2.45) is 4.40 Å². The highest BCUT2D eigenvalue weighted by molar-refractivity contribution is 8.19. The van der Waals surface area contributed by atoms with Gasteiger partial charge in [-0.2, -0.15) is 8.42 Å². The van der Waals surface area contributed by atoms with Crippen LogP contribution in [0, 0.1) is 0 Å². The van der Waals surface area contributed by atoms with Crippen LogP contribution >= 0.6 is 11.8 Å². The van der Waals surface area contributed by atoms with Gasteiger partial charge in [0, 0.05) is 6.54 Å². The molecule has 0 bridgehead atoms. The van der Waals surface area contributed by atoms with Crippen molar-refractivity contribution in [3.63, 3.8) is 0 Å². The van der Waals surface area contributed by atoms with Crippen molar-refractivity contribution in [2.75, 3.05) is 20.3 Å². The molecule has 1 heterocycles. The molecule has 0 aromatic heterocycles. The van der Waals surface area contributed by atoms with E-state index in [4.69, 9.17) is 9.47 Å². The van der Waals surface area contributed by atoms with Crippen LogP contribution in [-0.4, -0.2) is 44.7 Å². The van der Waals surface area contributed by atoms with Crippen molar-refractivity contribution in [3.05, 3.63) is 71.7 Å². The molecule has 0 aliphatic carbocycles. The van der Waals surface area contributed by atoms with Crippen molar-refractivity contribution in [1.82, 2.24) is 4.90 Å². The molecule has 0 atom stereocenters. The number of nitrogens with zero attached hydrogens (tertiary/aromatic N) is 2. The van der Waals surface area contributed by atoms with E-state index in [2.05, 4.69) is 17.9 Å². The number of methoxy groups -OCH3 is 1. The molecule has 1 aliphatic rings. The Hall–Kier alpha value is -3.04. The number of carbonyl (C=O) groups excluding carboxylic acids is 1. The van der Waals surface area contributed by atoms with Crippen LogP contribution < -0.4 is 9.47 Å². The van der Waals surface area contributed by atoms with Crippen molar-refractivity contribution in [3.8, 4) is 11.5 Å². The number of thioether (sulfide) groups is 1. The predicted octanol–water partition coefficient (Wildman–Crippen LogP) is 4.72. The Morgan fingerprint density at radius 2 is 1.91 bits per heavy atom. The van der Waals surface area contributed by atoms with Crippen LogP contribution in [0.25, 0.3) is 6.08 Å². The summed E-state index contributed by atoms with van der Waals surface area (Å²) < 4.78 is 40.6. The number of benzene rings is 2. The average Bonchev–Trinajstić information content (AvgIpc) is 3.09. The molecule has 1 saturated heterocycles. The lowest BCUT2D eigenvalue weighted by Crippen LogP contribution is -2.29. The van der Waals surface area contributed by atoms with Gasteiger partial charge in [-0.25, -0.2) is 0 Å². The van der Waals surface area contributed by atoms with Gasteiger partial charge in [0.05, 0.1) is 23.5 Å². The lowest BCUT2D eigenvalue weighted by molar-refractivity contribution is -0.121. The molecule has 1 amide bonds. The van der Waals surface area contributed by atoms with Gasteiger partial charge in [0.1, 0.15) is 0 Å². The second-order valence-electron chi connectivity index (χ2n) is 7.09. The minimum absolute atomic E-state index is 0.0601. The lowest BCUT2D eigenvalue weighted by Gasteiger charge is -2.12. The van der Waals surface area contributed by atoms with Gasteiger partial charge in [-0.1, -0.05) is 43.7 Å². The number of ether oxygens (including phenoxy) is 2. The monoisotopic (exact) mass is 486 g/mol. The van der Waals surface area contributed by atoms with Crippen LogP contribution in [-0.2, 0) is 14.8 Å². The molecule has 3 rings (SSSR count). The second-order valence-corrected chi connectivity index (χ2v) is 9.70. The zero-order chi connectivity index (χ0) is 23.8. The molecule has 1 aliphatic heterocycles. The molecule has 0 radical (unpaired) electrons. The Labute approximate surface area is 198 Å². The largest absolute Gasteiger partial charge is 0.493 e. The van der Waals surface area contributed by atoms with Gasteiger partial charge in [-0.05, 0) is 54.1 Å². The minimum atomic E-state index is -3.97. The van der Waals surface area contributed by atoms with E-state index < -0.39 is 10.0 Å². The van der Waals surface area contributed by atoms with Crippen LogP contribution in [0.3, 0.4) is 0 Å². The first-order valence-electron chi connectivity index (χ1n) is 10.4. The van der Waals surface area contributed by atoms with Gasteiger partial charge in [0.15, 0.2) is 16.7 Å². The summed E-state index contributed by atoms with van der Waals surface area (Å²) in [5, 5.41) is 0.0847. The van der Waals surface area contributed by atoms with Gasteiger partial charge in [0.2, 0.25) is 0 Å². The number of amidine groups is 1.